The maximum Gasteiger partial charge on any atom is 0.342 e. The molecule has 3 aromatic carbocycles. The van der Waals surface area contributed by atoms with Gasteiger partial charge in [-0.25, -0.2) is 9.59 Å². The largest absolute Gasteiger partial charge is 0.508 e. The number of aromatic hydroxyl groups is 1. The molecule has 2 aliphatic rings. The molecule has 1 amide bonds. The van der Waals surface area contributed by atoms with Crippen molar-refractivity contribution in [2.75, 3.05) is 12.3 Å². The van der Waals surface area contributed by atoms with Gasteiger partial charge in [-0.1, -0.05) is 27.7 Å². The highest BCUT2D eigenvalue weighted by molar-refractivity contribution is 8.76. The van der Waals surface area contributed by atoms with Gasteiger partial charge in [0.2, 0.25) is 0 Å². The first-order valence-electron chi connectivity index (χ1n) is 12.7. The Morgan fingerprint density at radius 1 is 0.886 bits per heavy atom. The number of carbonyl (C=O) groups excluding carboxylic acids is 1. The normalized spacial score (nSPS) is 11.0. The number of aromatic carboxylic acids is 2. The zero-order chi connectivity index (χ0) is 31.5. The summed E-state index contributed by atoms with van der Waals surface area (Å²) in [5, 5.41) is 43.5. The number of carboxylic acids is 2. The molecular weight excluding hydrogens is 612 g/mol. The van der Waals surface area contributed by atoms with E-state index >= 15 is 0 Å². The molecule has 0 radical (unpaired) electrons. The van der Waals surface area contributed by atoms with E-state index in [2.05, 4.69) is 5.32 Å². The monoisotopic (exact) mass is 632 g/mol. The van der Waals surface area contributed by atoms with E-state index in [0.29, 0.717) is 27.2 Å². The maximum atomic E-state index is 12.9. The van der Waals surface area contributed by atoms with Gasteiger partial charge in [0.05, 0.1) is 10.5 Å². The lowest BCUT2D eigenvalue weighted by Gasteiger charge is -2.17. The summed E-state index contributed by atoms with van der Waals surface area (Å²) in [6, 6.07) is 16.5. The molecule has 3 aromatic rings. The number of hydrogen-bond donors (Lipinski definition) is 4. The van der Waals surface area contributed by atoms with Crippen molar-refractivity contribution in [3.05, 3.63) is 110 Å². The summed E-state index contributed by atoms with van der Waals surface area (Å²) in [4.78, 5) is 59.4. The lowest BCUT2D eigenvalue weighted by molar-refractivity contribution is -0.385. The van der Waals surface area contributed by atoms with Gasteiger partial charge in [0.15, 0.2) is 5.43 Å². The third-order valence-electron chi connectivity index (χ3n) is 6.48. The summed E-state index contributed by atoms with van der Waals surface area (Å²) < 4.78 is 5.83. The van der Waals surface area contributed by atoms with E-state index in [1.807, 2.05) is 0 Å². The smallest absolute Gasteiger partial charge is 0.342 e. The Kier molecular flexibility index (Phi) is 8.55. The quantitative estimate of drug-likeness (QED) is 0.0479. The van der Waals surface area contributed by atoms with E-state index in [1.54, 1.807) is 6.07 Å². The Balaban J connectivity index is 1.34. The molecule has 0 spiro atoms. The Bertz CT molecular complexity index is 2010. The minimum atomic E-state index is -1.41. The van der Waals surface area contributed by atoms with Gasteiger partial charge in [-0.05, 0) is 54.1 Å². The van der Waals surface area contributed by atoms with Crippen LogP contribution >= 0.6 is 21.6 Å². The molecule has 1 aliphatic heterocycles. The number of hydrogen-bond acceptors (Lipinski definition) is 10. The van der Waals surface area contributed by atoms with Crippen molar-refractivity contribution in [3.63, 3.8) is 0 Å². The predicted molar refractivity (Wildman–Crippen MR) is 164 cm³/mol. The van der Waals surface area contributed by atoms with Crippen LogP contribution < -0.4 is 10.7 Å². The molecule has 44 heavy (non-hydrogen) atoms. The van der Waals surface area contributed by atoms with Crippen molar-refractivity contribution in [1.29, 1.82) is 0 Å². The third kappa shape index (κ3) is 6.21. The lowest BCUT2D eigenvalue weighted by atomic mass is 9.90. The summed E-state index contributed by atoms with van der Waals surface area (Å²) in [5.41, 5.74) is 0.126. The minimum absolute atomic E-state index is 0.0791. The van der Waals surface area contributed by atoms with Crippen molar-refractivity contribution < 1.29 is 39.0 Å². The van der Waals surface area contributed by atoms with Crippen molar-refractivity contribution in [2.24, 2.45) is 0 Å². The zero-order valence-electron chi connectivity index (χ0n) is 22.3. The summed E-state index contributed by atoms with van der Waals surface area (Å²) in [7, 11) is 2.47. The van der Waals surface area contributed by atoms with Crippen molar-refractivity contribution in [3.8, 4) is 28.2 Å². The zero-order valence-corrected chi connectivity index (χ0v) is 23.9. The van der Waals surface area contributed by atoms with Gasteiger partial charge in [-0.3, -0.25) is 19.7 Å². The number of phenols is 1. The second kappa shape index (κ2) is 12.5. The second-order valence-corrected chi connectivity index (χ2v) is 11.8. The molecular formula is C30H20N2O10S2. The molecule has 0 saturated carbocycles. The summed E-state index contributed by atoms with van der Waals surface area (Å²) >= 11 is 0. The second-order valence-electron chi connectivity index (χ2n) is 9.28. The van der Waals surface area contributed by atoms with E-state index in [0.717, 1.165) is 6.07 Å². The molecule has 0 unspecified atom stereocenters. The van der Waals surface area contributed by atoms with Crippen molar-refractivity contribution >= 4 is 56.1 Å². The van der Waals surface area contributed by atoms with Gasteiger partial charge < -0.3 is 25.1 Å². The SMILES string of the molecule is O=C(NCCSSc1ccc([N+](=O)[O-])c(C(=O)O)c1)c1ccc(-c2c3ccc(=O)cc-3oc3cc(O)ccc23)c(C(=O)O)c1. The number of amides is 1. The first-order valence-corrected chi connectivity index (χ1v) is 15.0. The van der Waals surface area contributed by atoms with E-state index in [9.17, 15) is 44.6 Å². The summed E-state index contributed by atoms with van der Waals surface area (Å²) in [5.74, 6) is -2.71. The third-order valence-corrected chi connectivity index (χ3v) is 8.85. The number of nitrogens with zero attached hydrogens (tertiary/aromatic N) is 1. The van der Waals surface area contributed by atoms with Crippen LogP contribution in [0.2, 0.25) is 0 Å². The van der Waals surface area contributed by atoms with Crippen LogP contribution in [-0.4, -0.2) is 50.4 Å². The van der Waals surface area contributed by atoms with Crippen LogP contribution in [0.1, 0.15) is 31.1 Å². The predicted octanol–water partition coefficient (Wildman–Crippen LogP) is 5.75. The lowest BCUT2D eigenvalue weighted by Crippen LogP contribution is -2.25. The summed E-state index contributed by atoms with van der Waals surface area (Å²) in [6.07, 6.45) is 0. The number of nitro groups is 1. The molecule has 1 heterocycles. The highest BCUT2D eigenvalue weighted by Gasteiger charge is 2.23. The van der Waals surface area contributed by atoms with E-state index in [1.165, 1.54) is 82.3 Å². The van der Waals surface area contributed by atoms with Crippen molar-refractivity contribution in [1.82, 2.24) is 5.32 Å². The van der Waals surface area contributed by atoms with Crippen LogP contribution in [0.4, 0.5) is 5.69 Å². The Morgan fingerprint density at radius 3 is 2.36 bits per heavy atom. The van der Waals surface area contributed by atoms with E-state index in [4.69, 9.17) is 4.42 Å². The molecule has 12 nitrogen and oxygen atoms in total. The average molecular weight is 633 g/mol. The van der Waals surface area contributed by atoms with E-state index < -0.39 is 34.0 Å². The number of benzene rings is 4. The number of nitro benzene ring substituents is 1. The first-order chi connectivity index (χ1) is 21.0. The minimum Gasteiger partial charge on any atom is -0.508 e. The number of carboxylic acid groups (broad SMARTS) is 2. The Labute approximate surface area is 255 Å². The molecule has 0 bridgehead atoms. The Hall–Kier alpha value is -5.34. The molecule has 14 heteroatoms. The molecule has 0 atom stereocenters. The molecule has 5 rings (SSSR count). The van der Waals surface area contributed by atoms with Crippen LogP contribution in [-0.2, 0) is 0 Å². The number of rotatable bonds is 10. The highest BCUT2D eigenvalue weighted by atomic mass is 33.1. The Morgan fingerprint density at radius 2 is 1.64 bits per heavy atom. The number of nitrogens with one attached hydrogen (secondary N) is 1. The average Bonchev–Trinajstić information content (AvgIpc) is 2.98. The number of carbonyl (C=O) groups is 3. The van der Waals surface area contributed by atoms with Crippen LogP contribution in [0, 0.1) is 10.1 Å². The number of phenolic OH excluding ortho intramolecular Hbond substituents is 1. The van der Waals surface area contributed by atoms with Crippen molar-refractivity contribution in [2.45, 2.75) is 4.90 Å². The molecule has 4 N–H and O–H groups in total. The topological polar surface area (TPSA) is 197 Å². The fraction of sp³-hybridized carbons (Fsp3) is 0.0667. The van der Waals surface area contributed by atoms with Crippen LogP contribution in [0.3, 0.4) is 0 Å². The van der Waals surface area contributed by atoms with Gasteiger partial charge in [0, 0.05) is 57.5 Å². The number of fused-ring (bicyclic) bond motifs is 2. The van der Waals surface area contributed by atoms with Gasteiger partial charge in [-0.15, -0.1) is 0 Å². The maximum absolute atomic E-state index is 12.9. The van der Waals surface area contributed by atoms with Gasteiger partial charge in [-0.2, -0.15) is 0 Å². The molecule has 0 aromatic heterocycles. The molecule has 0 saturated heterocycles. The molecule has 0 fully saturated rings. The van der Waals surface area contributed by atoms with Crippen LogP contribution in [0.15, 0.2) is 86.9 Å². The fourth-order valence-corrected chi connectivity index (χ4v) is 6.46. The fourth-order valence-electron chi connectivity index (χ4n) is 4.55. The first kappa shape index (κ1) is 30.1. The van der Waals surface area contributed by atoms with E-state index in [-0.39, 0.29) is 45.8 Å². The van der Waals surface area contributed by atoms with Crippen LogP contribution in [0.5, 0.6) is 5.75 Å². The van der Waals surface area contributed by atoms with Gasteiger partial charge >= 0.3 is 11.9 Å². The van der Waals surface area contributed by atoms with Crippen LogP contribution in [0.25, 0.3) is 33.4 Å². The van der Waals surface area contributed by atoms with Gasteiger partial charge in [0.25, 0.3) is 11.6 Å². The molecule has 222 valence electrons. The standard InChI is InChI=1S/C30H20N2O10S2/c33-16-2-6-20-25(12-16)42-26-13-17(34)3-7-21(26)27(20)19-5-1-15(11-22(19)29(36)37)28(35)31-9-10-43-44-18-4-8-24(32(40)41)23(14-18)30(38)39/h1-8,11-14,33H,9-10H2,(H,31,35)(H,36,37)(H,38,39). The van der Waals surface area contributed by atoms with Gasteiger partial charge in [0.1, 0.15) is 22.7 Å². The summed E-state index contributed by atoms with van der Waals surface area (Å²) in [6.45, 7) is 0.190. The molecule has 1 aliphatic carbocycles. The highest BCUT2D eigenvalue weighted by Crippen LogP contribution is 2.42.